The van der Waals surface area contributed by atoms with E-state index in [2.05, 4.69) is 10.3 Å². The number of aromatic nitrogens is 1. The quantitative estimate of drug-likeness (QED) is 0.423. The molecule has 1 aliphatic rings. The summed E-state index contributed by atoms with van der Waals surface area (Å²) >= 11 is 0. The molecule has 14 heteroatoms. The molecule has 0 saturated carbocycles. The Morgan fingerprint density at radius 1 is 1.00 bits per heavy atom. The lowest BCUT2D eigenvalue weighted by Crippen LogP contribution is -2.46. The molecule has 0 bridgehead atoms. The largest absolute Gasteiger partial charge is 0.511 e. The summed E-state index contributed by atoms with van der Waals surface area (Å²) in [7, 11) is -5.55. The number of likely N-dealkylation sites (tertiary alicyclic amines) is 1. The number of rotatable bonds is 6. The van der Waals surface area contributed by atoms with E-state index in [1.807, 2.05) is 0 Å². The smallest absolute Gasteiger partial charge is 0.356 e. The van der Waals surface area contributed by atoms with Gasteiger partial charge in [0, 0.05) is 42.1 Å². The molecule has 0 spiro atoms. The van der Waals surface area contributed by atoms with Crippen molar-refractivity contribution in [1.82, 2.24) is 14.6 Å². The summed E-state index contributed by atoms with van der Waals surface area (Å²) in [5.74, 6) is -0.507. The summed E-state index contributed by atoms with van der Waals surface area (Å²) < 4.78 is 101. The highest BCUT2D eigenvalue weighted by atomic mass is 32.2. The number of alkyl halides is 6. The normalized spacial score (nSPS) is 16.8. The Bertz CT molecular complexity index is 1410. The van der Waals surface area contributed by atoms with Gasteiger partial charge in [0.25, 0.3) is 5.91 Å². The third-order valence-electron chi connectivity index (χ3n) is 5.92. The minimum Gasteiger partial charge on any atom is -0.356 e. The van der Waals surface area contributed by atoms with E-state index in [1.165, 1.54) is 34.0 Å². The van der Waals surface area contributed by atoms with Gasteiger partial charge >= 0.3 is 21.7 Å². The number of nitrogens with one attached hydrogen (secondary N) is 2. The maximum atomic E-state index is 13.4. The van der Waals surface area contributed by atoms with Gasteiger partial charge in [-0.15, -0.1) is 0 Å². The number of hydrogen-bond donors (Lipinski definition) is 2. The van der Waals surface area contributed by atoms with Crippen LogP contribution in [0.15, 0.2) is 54.7 Å². The summed E-state index contributed by atoms with van der Waals surface area (Å²) in [6, 6.07) is 9.89. The van der Waals surface area contributed by atoms with Crippen LogP contribution in [0.3, 0.4) is 0 Å². The third-order valence-corrected chi connectivity index (χ3v) is 7.08. The van der Waals surface area contributed by atoms with Crippen LogP contribution in [0.1, 0.15) is 28.8 Å². The Hall–Kier alpha value is -3.39. The molecule has 1 aromatic heterocycles. The van der Waals surface area contributed by atoms with Gasteiger partial charge in [0.15, 0.2) is 0 Å². The molecule has 1 saturated heterocycles. The van der Waals surface area contributed by atoms with Crippen LogP contribution in [0.5, 0.6) is 0 Å². The fourth-order valence-electron chi connectivity index (χ4n) is 4.08. The predicted octanol–water partition coefficient (Wildman–Crippen LogP) is 5.04. The fraction of sp³-hybridized carbons (Fsp3) is 0.304. The van der Waals surface area contributed by atoms with Gasteiger partial charge in [0.05, 0.1) is 16.6 Å². The van der Waals surface area contributed by atoms with E-state index in [-0.39, 0.29) is 12.1 Å². The Morgan fingerprint density at radius 2 is 1.68 bits per heavy atom. The number of benzene rings is 2. The van der Waals surface area contributed by atoms with Gasteiger partial charge in [0.2, 0.25) is 0 Å². The SMILES string of the molecule is O=C(c1ccnc2ccc(Nc3ccc(C(F)(F)F)cc3)cc12)N1CCCC1CNS(=O)(=O)C(F)(F)F. The molecule has 1 aliphatic heterocycles. The van der Waals surface area contributed by atoms with Crippen molar-refractivity contribution in [1.29, 1.82) is 0 Å². The summed E-state index contributed by atoms with van der Waals surface area (Å²) in [5.41, 5.74) is -4.78. The first-order valence-corrected chi connectivity index (χ1v) is 12.4. The van der Waals surface area contributed by atoms with Gasteiger partial charge in [-0.25, -0.2) is 13.1 Å². The second-order valence-corrected chi connectivity index (χ2v) is 10.1. The van der Waals surface area contributed by atoms with Gasteiger partial charge in [0.1, 0.15) is 0 Å². The maximum Gasteiger partial charge on any atom is 0.511 e. The van der Waals surface area contributed by atoms with Crippen LogP contribution in [0.25, 0.3) is 10.9 Å². The first-order valence-electron chi connectivity index (χ1n) is 11.0. The first-order chi connectivity index (χ1) is 17.3. The predicted molar refractivity (Wildman–Crippen MR) is 124 cm³/mol. The molecule has 1 fully saturated rings. The number of anilines is 2. The molecule has 0 radical (unpaired) electrons. The lowest BCUT2D eigenvalue weighted by atomic mass is 10.1. The lowest BCUT2D eigenvalue weighted by Gasteiger charge is -2.25. The average molecular weight is 546 g/mol. The number of carbonyl (C=O) groups is 1. The van der Waals surface area contributed by atoms with E-state index in [9.17, 15) is 39.6 Å². The zero-order chi connectivity index (χ0) is 27.0. The fourth-order valence-corrected chi connectivity index (χ4v) is 4.65. The molecule has 1 unspecified atom stereocenters. The van der Waals surface area contributed by atoms with Gasteiger partial charge in [-0.05, 0) is 61.4 Å². The summed E-state index contributed by atoms with van der Waals surface area (Å²) in [4.78, 5) is 18.9. The molecule has 2 heterocycles. The van der Waals surface area contributed by atoms with E-state index in [4.69, 9.17) is 0 Å². The number of hydrogen-bond acceptors (Lipinski definition) is 5. The Morgan fingerprint density at radius 3 is 2.32 bits per heavy atom. The number of pyridine rings is 1. The summed E-state index contributed by atoms with van der Waals surface area (Å²) in [6.45, 7) is -0.359. The van der Waals surface area contributed by atoms with E-state index >= 15 is 0 Å². The molecule has 2 aromatic carbocycles. The number of carbonyl (C=O) groups excluding carboxylic acids is 1. The number of nitrogens with zero attached hydrogens (tertiary/aromatic N) is 2. The Kier molecular flexibility index (Phi) is 7.08. The third kappa shape index (κ3) is 5.80. The summed E-state index contributed by atoms with van der Waals surface area (Å²) in [5, 5.41) is 3.38. The molecular weight excluding hydrogens is 526 g/mol. The van der Waals surface area contributed by atoms with Gasteiger partial charge in [-0.3, -0.25) is 9.78 Å². The zero-order valence-electron chi connectivity index (χ0n) is 18.9. The Balaban J connectivity index is 1.56. The molecule has 1 amide bonds. The van der Waals surface area contributed by atoms with Gasteiger partial charge < -0.3 is 10.2 Å². The molecule has 7 nitrogen and oxygen atoms in total. The first kappa shape index (κ1) is 26.7. The molecule has 2 N–H and O–H groups in total. The molecule has 3 aromatic rings. The molecular formula is C23H20F6N4O3S. The van der Waals surface area contributed by atoms with Crippen molar-refractivity contribution in [3.63, 3.8) is 0 Å². The van der Waals surface area contributed by atoms with E-state index < -0.39 is 45.8 Å². The lowest BCUT2D eigenvalue weighted by molar-refractivity contribution is -0.137. The van der Waals surface area contributed by atoms with Crippen LogP contribution >= 0.6 is 0 Å². The van der Waals surface area contributed by atoms with Crippen molar-refractivity contribution in [2.75, 3.05) is 18.4 Å². The number of halogens is 6. The van der Waals surface area contributed by atoms with Crippen molar-refractivity contribution in [3.8, 4) is 0 Å². The van der Waals surface area contributed by atoms with Crippen molar-refractivity contribution in [3.05, 3.63) is 65.9 Å². The van der Waals surface area contributed by atoms with Crippen LogP contribution in [0.4, 0.5) is 37.7 Å². The van der Waals surface area contributed by atoms with Crippen LogP contribution < -0.4 is 10.0 Å². The highest BCUT2D eigenvalue weighted by Gasteiger charge is 2.46. The molecule has 198 valence electrons. The standard InChI is InChI=1S/C23H20F6N4O3S/c24-22(25,26)14-3-5-15(6-4-14)32-16-7-8-20-19(12-16)18(9-10-30-20)21(34)33-11-1-2-17(33)13-31-37(35,36)23(27,28)29/h3-10,12,17,31-32H,1-2,11,13H2. The highest BCUT2D eigenvalue weighted by Crippen LogP contribution is 2.31. The zero-order valence-corrected chi connectivity index (χ0v) is 19.7. The van der Waals surface area contributed by atoms with Crippen LogP contribution in [-0.2, 0) is 16.2 Å². The topological polar surface area (TPSA) is 91.4 Å². The van der Waals surface area contributed by atoms with Crippen molar-refractivity contribution in [2.45, 2.75) is 30.6 Å². The average Bonchev–Trinajstić information content (AvgIpc) is 3.30. The van der Waals surface area contributed by atoms with E-state index in [0.29, 0.717) is 35.1 Å². The minimum atomic E-state index is -5.55. The van der Waals surface area contributed by atoms with Crippen LogP contribution in [-0.4, -0.2) is 48.8 Å². The summed E-state index contributed by atoms with van der Waals surface area (Å²) in [6.07, 6.45) is -2.28. The van der Waals surface area contributed by atoms with Crippen molar-refractivity contribution < 1.29 is 39.6 Å². The molecule has 4 rings (SSSR count). The van der Waals surface area contributed by atoms with Crippen molar-refractivity contribution in [2.24, 2.45) is 0 Å². The van der Waals surface area contributed by atoms with Crippen molar-refractivity contribution >= 4 is 38.2 Å². The maximum absolute atomic E-state index is 13.4. The minimum absolute atomic E-state index is 0.201. The molecule has 1 atom stereocenters. The van der Waals surface area contributed by atoms with E-state index in [0.717, 1.165) is 12.1 Å². The number of fused-ring (bicyclic) bond motifs is 1. The monoisotopic (exact) mass is 546 g/mol. The highest BCUT2D eigenvalue weighted by molar-refractivity contribution is 7.90. The number of sulfonamides is 1. The van der Waals surface area contributed by atoms with Gasteiger partial charge in [-0.1, -0.05) is 0 Å². The van der Waals surface area contributed by atoms with Crippen LogP contribution in [0, 0.1) is 0 Å². The number of amides is 1. The Labute approximate surface area is 207 Å². The molecule has 0 aliphatic carbocycles. The second-order valence-electron chi connectivity index (χ2n) is 8.38. The van der Waals surface area contributed by atoms with Gasteiger partial charge in [-0.2, -0.15) is 26.3 Å². The van der Waals surface area contributed by atoms with Crippen LogP contribution in [0.2, 0.25) is 0 Å². The second kappa shape index (κ2) is 9.82. The molecule has 37 heavy (non-hydrogen) atoms. The van der Waals surface area contributed by atoms with E-state index in [1.54, 1.807) is 18.2 Å².